The van der Waals surface area contributed by atoms with Crippen LogP contribution in [0.2, 0.25) is 0 Å². The van der Waals surface area contributed by atoms with Crippen LogP contribution in [0.1, 0.15) is 43.4 Å². The van der Waals surface area contributed by atoms with Crippen molar-refractivity contribution in [2.45, 2.75) is 31.8 Å². The summed E-state index contributed by atoms with van der Waals surface area (Å²) in [5.41, 5.74) is 0. The number of rotatable bonds is 5. The first-order valence-corrected chi connectivity index (χ1v) is 8.38. The molecular weight excluding hydrogens is 308 g/mol. The third-order valence-corrected chi connectivity index (χ3v) is 4.24. The first-order valence-electron chi connectivity index (χ1n) is 8.38. The Morgan fingerprint density at radius 1 is 1.54 bits per heavy atom. The Bertz CT molecular complexity index is 617. The standard InChI is InChI=1S/C16H24N6O2/c1-2-17-16(18-10-13(23)14-4-3-9-24-14)22-7-5-12(6-8-22)15-19-11-20-21-15/h3-4,9,11-13,23H,2,5-8,10H2,1H3,(H,17,18)(H,19,20,21). The van der Waals surface area contributed by atoms with Crippen LogP contribution in [0.4, 0.5) is 0 Å². The maximum Gasteiger partial charge on any atom is 0.194 e. The van der Waals surface area contributed by atoms with Gasteiger partial charge in [-0.1, -0.05) is 0 Å². The molecule has 1 aliphatic heterocycles. The number of likely N-dealkylation sites (tertiary alicyclic amines) is 1. The Hall–Kier alpha value is -2.35. The fourth-order valence-electron chi connectivity index (χ4n) is 2.95. The highest BCUT2D eigenvalue weighted by atomic mass is 16.4. The number of hydrogen-bond acceptors (Lipinski definition) is 5. The molecule has 130 valence electrons. The quantitative estimate of drug-likeness (QED) is 0.563. The zero-order chi connectivity index (χ0) is 16.8. The van der Waals surface area contributed by atoms with Crippen LogP contribution in [-0.4, -0.2) is 57.3 Å². The van der Waals surface area contributed by atoms with Crippen LogP contribution in [-0.2, 0) is 0 Å². The second-order valence-electron chi connectivity index (χ2n) is 5.86. The summed E-state index contributed by atoms with van der Waals surface area (Å²) >= 11 is 0. The number of nitrogens with one attached hydrogen (secondary N) is 2. The minimum atomic E-state index is -0.722. The molecule has 0 bridgehead atoms. The highest BCUT2D eigenvalue weighted by Gasteiger charge is 2.24. The maximum absolute atomic E-state index is 10.1. The second-order valence-corrected chi connectivity index (χ2v) is 5.86. The SMILES string of the molecule is CCNC(=NCC(O)c1ccco1)N1CCC(c2ncn[nH]2)CC1. The Morgan fingerprint density at radius 2 is 2.38 bits per heavy atom. The molecule has 0 radical (unpaired) electrons. The van der Waals surface area contributed by atoms with Gasteiger partial charge in [-0.3, -0.25) is 5.10 Å². The number of piperidine rings is 1. The average molecular weight is 332 g/mol. The van der Waals surface area contributed by atoms with Gasteiger partial charge in [-0.2, -0.15) is 5.10 Å². The highest BCUT2D eigenvalue weighted by molar-refractivity contribution is 5.80. The molecule has 0 aromatic carbocycles. The normalized spacial score (nSPS) is 17.9. The Kier molecular flexibility index (Phi) is 5.47. The van der Waals surface area contributed by atoms with Crippen LogP contribution in [0, 0.1) is 0 Å². The van der Waals surface area contributed by atoms with Crippen LogP contribution >= 0.6 is 0 Å². The van der Waals surface area contributed by atoms with E-state index < -0.39 is 6.10 Å². The van der Waals surface area contributed by atoms with Gasteiger partial charge in [0.1, 0.15) is 24.0 Å². The summed E-state index contributed by atoms with van der Waals surface area (Å²) in [6.45, 7) is 4.90. The van der Waals surface area contributed by atoms with Crippen molar-refractivity contribution >= 4 is 5.96 Å². The van der Waals surface area contributed by atoms with Gasteiger partial charge in [-0.05, 0) is 31.9 Å². The lowest BCUT2D eigenvalue weighted by Gasteiger charge is -2.33. The number of aliphatic hydroxyl groups excluding tert-OH is 1. The zero-order valence-corrected chi connectivity index (χ0v) is 13.9. The fourth-order valence-corrected chi connectivity index (χ4v) is 2.95. The van der Waals surface area contributed by atoms with Gasteiger partial charge in [-0.15, -0.1) is 0 Å². The van der Waals surface area contributed by atoms with Gasteiger partial charge in [0.2, 0.25) is 0 Å². The van der Waals surface area contributed by atoms with Gasteiger partial charge >= 0.3 is 0 Å². The molecule has 3 N–H and O–H groups in total. The molecule has 1 unspecified atom stereocenters. The molecule has 0 spiro atoms. The van der Waals surface area contributed by atoms with E-state index in [0.717, 1.165) is 44.3 Å². The topological polar surface area (TPSA) is 103 Å². The van der Waals surface area contributed by atoms with Gasteiger partial charge in [-0.25, -0.2) is 9.98 Å². The summed E-state index contributed by atoms with van der Waals surface area (Å²) < 4.78 is 5.22. The van der Waals surface area contributed by atoms with Crippen molar-refractivity contribution in [3.63, 3.8) is 0 Å². The Balaban J connectivity index is 1.58. The number of guanidine groups is 1. The summed E-state index contributed by atoms with van der Waals surface area (Å²) in [6, 6.07) is 3.53. The predicted molar refractivity (Wildman–Crippen MR) is 89.6 cm³/mol. The van der Waals surface area contributed by atoms with Crippen molar-refractivity contribution < 1.29 is 9.52 Å². The van der Waals surface area contributed by atoms with E-state index in [4.69, 9.17) is 4.42 Å². The molecule has 1 saturated heterocycles. The first kappa shape index (κ1) is 16.5. The lowest BCUT2D eigenvalue weighted by Crippen LogP contribution is -2.45. The number of hydrogen-bond donors (Lipinski definition) is 3. The molecular formula is C16H24N6O2. The molecule has 0 saturated carbocycles. The van der Waals surface area contributed by atoms with Crippen LogP contribution in [0.15, 0.2) is 34.1 Å². The highest BCUT2D eigenvalue weighted by Crippen LogP contribution is 2.25. The van der Waals surface area contributed by atoms with Gasteiger partial charge in [0.05, 0.1) is 12.8 Å². The fraction of sp³-hybridized carbons (Fsp3) is 0.562. The number of furan rings is 1. The summed E-state index contributed by atoms with van der Waals surface area (Å²) in [5.74, 6) is 2.75. The third kappa shape index (κ3) is 3.94. The molecule has 8 heteroatoms. The summed E-state index contributed by atoms with van der Waals surface area (Å²) in [7, 11) is 0. The summed E-state index contributed by atoms with van der Waals surface area (Å²) in [5, 5.41) is 20.3. The Morgan fingerprint density at radius 3 is 3.00 bits per heavy atom. The van der Waals surface area contributed by atoms with Crippen molar-refractivity contribution in [2.75, 3.05) is 26.2 Å². The van der Waals surface area contributed by atoms with Crippen molar-refractivity contribution in [3.05, 3.63) is 36.3 Å². The van der Waals surface area contributed by atoms with Gasteiger partial charge in [0.25, 0.3) is 0 Å². The lowest BCUT2D eigenvalue weighted by molar-refractivity contribution is 0.157. The van der Waals surface area contributed by atoms with Crippen molar-refractivity contribution in [1.29, 1.82) is 0 Å². The third-order valence-electron chi connectivity index (χ3n) is 4.24. The molecule has 1 atom stereocenters. The monoisotopic (exact) mass is 332 g/mol. The number of nitrogens with zero attached hydrogens (tertiary/aromatic N) is 4. The van der Waals surface area contributed by atoms with E-state index in [1.807, 2.05) is 6.92 Å². The van der Waals surface area contributed by atoms with E-state index in [9.17, 15) is 5.11 Å². The van der Waals surface area contributed by atoms with Crippen LogP contribution in [0.25, 0.3) is 0 Å². The molecule has 0 aliphatic carbocycles. The van der Waals surface area contributed by atoms with E-state index in [1.54, 1.807) is 24.7 Å². The van der Waals surface area contributed by atoms with Gasteiger partial charge in [0, 0.05) is 25.6 Å². The lowest BCUT2D eigenvalue weighted by atomic mass is 9.96. The first-order chi connectivity index (χ1) is 11.8. The number of aliphatic imine (C=N–C) groups is 1. The molecule has 1 fully saturated rings. The van der Waals surface area contributed by atoms with Crippen LogP contribution in [0.3, 0.4) is 0 Å². The molecule has 0 amide bonds. The summed E-state index contributed by atoms with van der Waals surface area (Å²) in [4.78, 5) is 11.1. The van der Waals surface area contributed by atoms with Gasteiger partial charge in [0.15, 0.2) is 5.96 Å². The minimum absolute atomic E-state index is 0.276. The van der Waals surface area contributed by atoms with E-state index in [-0.39, 0.29) is 6.54 Å². The molecule has 24 heavy (non-hydrogen) atoms. The minimum Gasteiger partial charge on any atom is -0.467 e. The van der Waals surface area contributed by atoms with Crippen molar-refractivity contribution in [2.24, 2.45) is 4.99 Å². The second kappa shape index (κ2) is 7.96. The van der Waals surface area contributed by atoms with Crippen molar-refractivity contribution in [3.8, 4) is 0 Å². The number of aromatic nitrogens is 3. The molecule has 8 nitrogen and oxygen atoms in total. The zero-order valence-electron chi connectivity index (χ0n) is 13.9. The number of H-pyrrole nitrogens is 1. The van der Waals surface area contributed by atoms with Crippen LogP contribution < -0.4 is 5.32 Å². The smallest absolute Gasteiger partial charge is 0.194 e. The largest absolute Gasteiger partial charge is 0.467 e. The summed E-state index contributed by atoms with van der Waals surface area (Å²) in [6.07, 6.45) is 4.39. The molecule has 1 aliphatic rings. The molecule has 2 aromatic heterocycles. The molecule has 3 rings (SSSR count). The number of aliphatic hydroxyl groups is 1. The maximum atomic E-state index is 10.1. The van der Waals surface area contributed by atoms with E-state index in [2.05, 4.69) is 30.4 Å². The molecule has 2 aromatic rings. The van der Waals surface area contributed by atoms with Gasteiger partial charge < -0.3 is 19.7 Å². The van der Waals surface area contributed by atoms with E-state index in [1.165, 1.54) is 0 Å². The van der Waals surface area contributed by atoms with E-state index in [0.29, 0.717) is 11.7 Å². The van der Waals surface area contributed by atoms with Crippen LogP contribution in [0.5, 0.6) is 0 Å². The average Bonchev–Trinajstić information content (AvgIpc) is 3.32. The van der Waals surface area contributed by atoms with E-state index >= 15 is 0 Å². The van der Waals surface area contributed by atoms with Crippen molar-refractivity contribution in [1.82, 2.24) is 25.4 Å². The predicted octanol–water partition coefficient (Wildman–Crippen LogP) is 1.28. The Labute approximate surface area is 141 Å². The molecule has 3 heterocycles. The number of aromatic amines is 1.